The van der Waals surface area contributed by atoms with Crippen molar-refractivity contribution in [1.29, 1.82) is 0 Å². The predicted molar refractivity (Wildman–Crippen MR) is 84.7 cm³/mol. The smallest absolute Gasteiger partial charge is 0.274 e. The van der Waals surface area contributed by atoms with Gasteiger partial charge in [-0.25, -0.2) is 9.97 Å². The number of carbonyl (C=O) groups is 1. The van der Waals surface area contributed by atoms with Gasteiger partial charge in [0.05, 0.1) is 5.02 Å². The molecule has 1 amide bonds. The van der Waals surface area contributed by atoms with E-state index in [1.54, 1.807) is 4.90 Å². The molecule has 6 heteroatoms. The molecular formula is C16H17ClN4O. The van der Waals surface area contributed by atoms with E-state index in [0.717, 1.165) is 0 Å². The van der Waals surface area contributed by atoms with Crippen molar-refractivity contribution in [2.45, 2.75) is 5.92 Å². The molecule has 2 heterocycles. The van der Waals surface area contributed by atoms with E-state index in [1.165, 1.54) is 18.1 Å². The molecule has 1 aliphatic rings. The van der Waals surface area contributed by atoms with Crippen LogP contribution in [-0.2, 0) is 0 Å². The molecule has 114 valence electrons. The number of likely N-dealkylation sites (tertiary alicyclic amines) is 1. The first-order valence-corrected chi connectivity index (χ1v) is 7.58. The van der Waals surface area contributed by atoms with Crippen LogP contribution in [0.3, 0.4) is 0 Å². The Hall–Kier alpha value is -1.98. The number of amides is 1. The van der Waals surface area contributed by atoms with Crippen LogP contribution in [0.4, 0.5) is 0 Å². The highest BCUT2D eigenvalue weighted by molar-refractivity contribution is 6.33. The monoisotopic (exact) mass is 316 g/mol. The fourth-order valence-electron chi connectivity index (χ4n) is 2.97. The Morgan fingerprint density at radius 2 is 2.09 bits per heavy atom. The Kier molecular flexibility index (Phi) is 4.36. The summed E-state index contributed by atoms with van der Waals surface area (Å²) in [5, 5.41) is 0.278. The van der Waals surface area contributed by atoms with Gasteiger partial charge in [-0.15, -0.1) is 0 Å². The molecule has 1 saturated heterocycles. The van der Waals surface area contributed by atoms with Gasteiger partial charge in [-0.05, 0) is 18.0 Å². The van der Waals surface area contributed by atoms with Gasteiger partial charge in [0, 0.05) is 25.2 Å². The summed E-state index contributed by atoms with van der Waals surface area (Å²) < 4.78 is 0. The van der Waals surface area contributed by atoms with Crippen LogP contribution >= 0.6 is 11.6 Å². The van der Waals surface area contributed by atoms with E-state index in [-0.39, 0.29) is 28.5 Å². The molecule has 0 spiro atoms. The molecule has 2 atom stereocenters. The molecule has 0 radical (unpaired) electrons. The van der Waals surface area contributed by atoms with Crippen molar-refractivity contribution >= 4 is 17.5 Å². The molecule has 0 saturated carbocycles. The number of halogens is 1. The van der Waals surface area contributed by atoms with E-state index in [2.05, 4.69) is 22.1 Å². The van der Waals surface area contributed by atoms with Crippen LogP contribution in [0.2, 0.25) is 5.02 Å². The minimum absolute atomic E-state index is 0.163. The fourth-order valence-corrected chi connectivity index (χ4v) is 3.16. The summed E-state index contributed by atoms with van der Waals surface area (Å²) in [7, 11) is 0. The fraction of sp³-hybridized carbons (Fsp3) is 0.312. The van der Waals surface area contributed by atoms with E-state index in [1.807, 2.05) is 18.2 Å². The van der Waals surface area contributed by atoms with Crippen molar-refractivity contribution in [2.24, 2.45) is 11.7 Å². The lowest BCUT2D eigenvalue weighted by atomic mass is 9.89. The highest BCUT2D eigenvalue weighted by atomic mass is 35.5. The van der Waals surface area contributed by atoms with Gasteiger partial charge in [0.15, 0.2) is 0 Å². The second-order valence-electron chi connectivity index (χ2n) is 5.44. The third-order valence-corrected chi connectivity index (χ3v) is 4.41. The summed E-state index contributed by atoms with van der Waals surface area (Å²) in [6.45, 7) is 1.79. The van der Waals surface area contributed by atoms with Gasteiger partial charge < -0.3 is 10.6 Å². The molecule has 0 unspecified atom stereocenters. The van der Waals surface area contributed by atoms with Gasteiger partial charge in [0.25, 0.3) is 5.91 Å². The van der Waals surface area contributed by atoms with E-state index in [4.69, 9.17) is 17.3 Å². The Morgan fingerprint density at radius 1 is 1.32 bits per heavy atom. The van der Waals surface area contributed by atoms with Gasteiger partial charge in [-0.1, -0.05) is 41.9 Å². The van der Waals surface area contributed by atoms with Crippen LogP contribution in [0.15, 0.2) is 42.9 Å². The van der Waals surface area contributed by atoms with E-state index in [0.29, 0.717) is 19.6 Å². The van der Waals surface area contributed by atoms with Crippen LogP contribution in [0.1, 0.15) is 22.0 Å². The summed E-state index contributed by atoms with van der Waals surface area (Å²) >= 11 is 6.02. The van der Waals surface area contributed by atoms with Crippen LogP contribution in [0.25, 0.3) is 0 Å². The van der Waals surface area contributed by atoms with Crippen molar-refractivity contribution < 1.29 is 4.79 Å². The first kappa shape index (κ1) is 14.9. The highest BCUT2D eigenvalue weighted by Crippen LogP contribution is 2.33. The van der Waals surface area contributed by atoms with Gasteiger partial charge in [-0.3, -0.25) is 4.79 Å². The summed E-state index contributed by atoms with van der Waals surface area (Å²) in [5.41, 5.74) is 7.36. The van der Waals surface area contributed by atoms with Gasteiger partial charge in [0.2, 0.25) is 0 Å². The third-order valence-electron chi connectivity index (χ3n) is 4.13. The van der Waals surface area contributed by atoms with E-state index >= 15 is 0 Å². The number of aromatic nitrogens is 2. The number of nitrogens with two attached hydrogens (primary N) is 1. The number of carbonyl (C=O) groups excluding carboxylic acids is 1. The number of rotatable bonds is 3. The molecule has 0 aliphatic carbocycles. The molecule has 2 aromatic rings. The molecule has 1 aliphatic heterocycles. The zero-order valence-electron chi connectivity index (χ0n) is 12.0. The molecule has 1 aromatic carbocycles. The molecule has 22 heavy (non-hydrogen) atoms. The molecule has 1 fully saturated rings. The lowest BCUT2D eigenvalue weighted by molar-refractivity contribution is 0.0780. The molecule has 5 nitrogen and oxygen atoms in total. The topological polar surface area (TPSA) is 72.1 Å². The summed E-state index contributed by atoms with van der Waals surface area (Å²) in [6, 6.07) is 10.2. The van der Waals surface area contributed by atoms with E-state index in [9.17, 15) is 4.79 Å². The zero-order chi connectivity index (χ0) is 15.5. The first-order chi connectivity index (χ1) is 10.7. The maximum Gasteiger partial charge on any atom is 0.274 e. The predicted octanol–water partition coefficient (Wildman–Crippen LogP) is 1.94. The minimum Gasteiger partial charge on any atom is -0.336 e. The molecule has 1 aromatic heterocycles. The molecule has 0 bridgehead atoms. The zero-order valence-corrected chi connectivity index (χ0v) is 12.8. The second kappa shape index (κ2) is 6.42. The minimum atomic E-state index is -0.163. The van der Waals surface area contributed by atoms with Crippen LogP contribution in [-0.4, -0.2) is 40.4 Å². The first-order valence-electron chi connectivity index (χ1n) is 7.20. The molecule has 2 N–H and O–H groups in total. The number of benzene rings is 1. The van der Waals surface area contributed by atoms with E-state index < -0.39 is 0 Å². The van der Waals surface area contributed by atoms with Crippen molar-refractivity contribution in [3.8, 4) is 0 Å². The summed E-state index contributed by atoms with van der Waals surface area (Å²) in [4.78, 5) is 22.2. The quantitative estimate of drug-likeness (QED) is 0.939. The Bertz CT molecular complexity index is 664. The SMILES string of the molecule is NC[C@@H]1CN(C(=O)c2ncncc2Cl)C[C@H]1c1ccccc1. The number of nitrogens with zero attached hydrogens (tertiary/aromatic N) is 3. The lowest BCUT2D eigenvalue weighted by Crippen LogP contribution is -2.30. The van der Waals surface area contributed by atoms with Crippen LogP contribution in [0.5, 0.6) is 0 Å². The molecule has 3 rings (SSSR count). The lowest BCUT2D eigenvalue weighted by Gasteiger charge is -2.16. The van der Waals surface area contributed by atoms with Gasteiger partial charge in [0.1, 0.15) is 12.0 Å². The molecular weight excluding hydrogens is 300 g/mol. The Labute approximate surface area is 134 Å². The number of hydrogen-bond acceptors (Lipinski definition) is 4. The maximum atomic E-state index is 12.6. The average molecular weight is 317 g/mol. The van der Waals surface area contributed by atoms with Gasteiger partial charge in [-0.2, -0.15) is 0 Å². The average Bonchev–Trinajstić information content (AvgIpc) is 3.00. The Morgan fingerprint density at radius 3 is 2.77 bits per heavy atom. The maximum absolute atomic E-state index is 12.6. The largest absolute Gasteiger partial charge is 0.336 e. The Balaban J connectivity index is 1.83. The van der Waals surface area contributed by atoms with Crippen LogP contribution < -0.4 is 5.73 Å². The van der Waals surface area contributed by atoms with Crippen LogP contribution in [0, 0.1) is 5.92 Å². The van der Waals surface area contributed by atoms with Crippen molar-refractivity contribution in [2.75, 3.05) is 19.6 Å². The second-order valence-corrected chi connectivity index (χ2v) is 5.85. The van der Waals surface area contributed by atoms with Gasteiger partial charge >= 0.3 is 0 Å². The van der Waals surface area contributed by atoms with Crippen molar-refractivity contribution in [3.05, 3.63) is 59.1 Å². The summed E-state index contributed by atoms with van der Waals surface area (Å²) in [5.74, 6) is 0.326. The normalized spacial score (nSPS) is 21.1. The summed E-state index contributed by atoms with van der Waals surface area (Å²) in [6.07, 6.45) is 2.78. The standard InChI is InChI=1S/C16H17ClN4O/c17-14-7-19-10-20-15(14)16(22)21-8-12(6-18)13(9-21)11-4-2-1-3-5-11/h1-5,7,10,12-13H,6,8-9,18H2/t12-,13+/m1/s1. The third kappa shape index (κ3) is 2.82. The number of hydrogen-bond donors (Lipinski definition) is 1. The van der Waals surface area contributed by atoms with Crippen molar-refractivity contribution in [3.63, 3.8) is 0 Å². The van der Waals surface area contributed by atoms with Crippen molar-refractivity contribution in [1.82, 2.24) is 14.9 Å². The highest BCUT2D eigenvalue weighted by Gasteiger charge is 2.36.